The highest BCUT2D eigenvalue weighted by Gasteiger charge is 2.38. The van der Waals surface area contributed by atoms with Gasteiger partial charge in [0.1, 0.15) is 0 Å². The molecule has 4 nitrogen and oxygen atoms in total. The molecule has 2 amide bonds. The zero-order valence-electron chi connectivity index (χ0n) is 12.6. The molecule has 2 fully saturated rings. The van der Waals surface area contributed by atoms with Crippen molar-refractivity contribution in [3.8, 4) is 0 Å². The number of hydrogen-bond donors (Lipinski definition) is 1. The molecule has 0 unspecified atom stereocenters. The fourth-order valence-electron chi connectivity index (χ4n) is 3.43. The molecule has 1 aromatic rings. The van der Waals surface area contributed by atoms with E-state index < -0.39 is 0 Å². The molecule has 5 heteroatoms. The Bertz CT molecular complexity index is 552. The summed E-state index contributed by atoms with van der Waals surface area (Å²) < 4.78 is 0.977. The highest BCUT2D eigenvalue weighted by molar-refractivity contribution is 9.10. The Labute approximate surface area is 139 Å². The number of carbonyl (C=O) groups excluding carboxylic acids is 2. The summed E-state index contributed by atoms with van der Waals surface area (Å²) >= 11 is 3.37. The quantitative estimate of drug-likeness (QED) is 0.890. The van der Waals surface area contributed by atoms with Gasteiger partial charge in [-0.05, 0) is 37.1 Å². The van der Waals surface area contributed by atoms with Gasteiger partial charge in [0.15, 0.2) is 0 Å². The van der Waals surface area contributed by atoms with Gasteiger partial charge < -0.3 is 10.2 Å². The molecule has 3 rings (SSSR count). The molecule has 1 aliphatic heterocycles. The number of amides is 2. The van der Waals surface area contributed by atoms with Crippen molar-refractivity contribution in [1.82, 2.24) is 4.90 Å². The summed E-state index contributed by atoms with van der Waals surface area (Å²) in [7, 11) is 0. The van der Waals surface area contributed by atoms with Gasteiger partial charge in [0.25, 0.3) is 0 Å². The minimum Gasteiger partial charge on any atom is -0.339 e. The van der Waals surface area contributed by atoms with Gasteiger partial charge in [-0.15, -0.1) is 0 Å². The van der Waals surface area contributed by atoms with E-state index in [0.29, 0.717) is 19.0 Å². The molecule has 0 spiro atoms. The van der Waals surface area contributed by atoms with E-state index in [9.17, 15) is 9.59 Å². The number of anilines is 1. The van der Waals surface area contributed by atoms with E-state index in [-0.39, 0.29) is 17.7 Å². The maximum atomic E-state index is 12.4. The molecular weight excluding hydrogens is 344 g/mol. The second-order valence-corrected chi connectivity index (χ2v) is 7.15. The number of nitrogens with zero attached hydrogens (tertiary/aromatic N) is 1. The Morgan fingerprint density at radius 3 is 2.50 bits per heavy atom. The van der Waals surface area contributed by atoms with Crippen molar-refractivity contribution in [1.29, 1.82) is 0 Å². The summed E-state index contributed by atoms with van der Waals surface area (Å²) in [6.45, 7) is 0.575. The number of halogens is 1. The lowest BCUT2D eigenvalue weighted by Gasteiger charge is -2.31. The van der Waals surface area contributed by atoms with Crippen LogP contribution >= 0.6 is 15.9 Å². The van der Waals surface area contributed by atoms with Crippen LogP contribution in [0.15, 0.2) is 28.7 Å². The Morgan fingerprint density at radius 1 is 1.14 bits per heavy atom. The summed E-state index contributed by atoms with van der Waals surface area (Å²) in [6, 6.07) is 7.86. The highest BCUT2D eigenvalue weighted by Crippen LogP contribution is 2.29. The van der Waals surface area contributed by atoms with E-state index in [0.717, 1.165) is 23.0 Å². The van der Waals surface area contributed by atoms with Crippen LogP contribution in [0.3, 0.4) is 0 Å². The molecule has 1 aliphatic carbocycles. The molecule has 1 heterocycles. The van der Waals surface area contributed by atoms with Crippen LogP contribution in [0.5, 0.6) is 0 Å². The summed E-state index contributed by atoms with van der Waals surface area (Å²) in [5.41, 5.74) is 0.775. The van der Waals surface area contributed by atoms with Crippen LogP contribution in [-0.2, 0) is 9.59 Å². The predicted octanol–water partition coefficient (Wildman–Crippen LogP) is 3.57. The molecule has 1 saturated heterocycles. The molecule has 1 atom stereocenters. The van der Waals surface area contributed by atoms with Crippen LogP contribution < -0.4 is 5.32 Å². The fraction of sp³-hybridized carbons (Fsp3) is 0.529. The van der Waals surface area contributed by atoms with Gasteiger partial charge in [-0.2, -0.15) is 0 Å². The number of benzene rings is 1. The molecule has 0 bridgehead atoms. The SMILES string of the molecule is O=C(Nc1ccc(Br)cc1)[C@@H]1CC(=O)N(C2CCCCC2)C1. The molecule has 1 aromatic carbocycles. The third-order valence-electron chi connectivity index (χ3n) is 4.66. The Morgan fingerprint density at radius 2 is 1.82 bits per heavy atom. The molecule has 22 heavy (non-hydrogen) atoms. The van der Waals surface area contributed by atoms with E-state index in [1.807, 2.05) is 29.2 Å². The maximum Gasteiger partial charge on any atom is 0.229 e. The number of carbonyl (C=O) groups is 2. The van der Waals surface area contributed by atoms with E-state index in [4.69, 9.17) is 0 Å². The van der Waals surface area contributed by atoms with Crippen molar-refractivity contribution >= 4 is 33.4 Å². The first-order valence-electron chi connectivity index (χ1n) is 7.99. The van der Waals surface area contributed by atoms with Gasteiger partial charge >= 0.3 is 0 Å². The van der Waals surface area contributed by atoms with Crippen LogP contribution in [0.25, 0.3) is 0 Å². The lowest BCUT2D eigenvalue weighted by atomic mass is 9.94. The minimum atomic E-state index is -0.224. The van der Waals surface area contributed by atoms with E-state index >= 15 is 0 Å². The van der Waals surface area contributed by atoms with E-state index in [2.05, 4.69) is 21.2 Å². The molecular formula is C17H21BrN2O2. The molecule has 118 valence electrons. The van der Waals surface area contributed by atoms with Gasteiger partial charge in [-0.1, -0.05) is 35.2 Å². The van der Waals surface area contributed by atoms with Gasteiger partial charge in [-0.3, -0.25) is 9.59 Å². The Hall–Kier alpha value is -1.36. The highest BCUT2D eigenvalue weighted by atomic mass is 79.9. The van der Waals surface area contributed by atoms with Crippen LogP contribution in [0.2, 0.25) is 0 Å². The number of likely N-dealkylation sites (tertiary alicyclic amines) is 1. The van der Waals surface area contributed by atoms with E-state index in [1.54, 1.807) is 0 Å². The first-order valence-corrected chi connectivity index (χ1v) is 8.78. The lowest BCUT2D eigenvalue weighted by Crippen LogP contribution is -2.38. The zero-order chi connectivity index (χ0) is 15.5. The van der Waals surface area contributed by atoms with E-state index in [1.165, 1.54) is 19.3 Å². The molecule has 0 aromatic heterocycles. The van der Waals surface area contributed by atoms with Crippen LogP contribution in [0.1, 0.15) is 38.5 Å². The van der Waals surface area contributed by atoms with Crippen LogP contribution in [0, 0.1) is 5.92 Å². The van der Waals surface area contributed by atoms with Crippen molar-refractivity contribution in [2.45, 2.75) is 44.6 Å². The predicted molar refractivity (Wildman–Crippen MR) is 89.5 cm³/mol. The van der Waals surface area contributed by atoms with Crippen molar-refractivity contribution in [3.05, 3.63) is 28.7 Å². The summed E-state index contributed by atoms with van der Waals surface area (Å²) in [5, 5.41) is 2.92. The lowest BCUT2D eigenvalue weighted by molar-refractivity contribution is -0.130. The number of rotatable bonds is 3. The molecule has 2 aliphatic rings. The minimum absolute atomic E-state index is 0.0472. The first kappa shape index (κ1) is 15.5. The van der Waals surface area contributed by atoms with Crippen LogP contribution in [0.4, 0.5) is 5.69 Å². The molecule has 0 radical (unpaired) electrons. The third kappa shape index (κ3) is 3.51. The van der Waals surface area contributed by atoms with Crippen molar-refractivity contribution < 1.29 is 9.59 Å². The standard InChI is InChI=1S/C17H21BrN2O2/c18-13-6-8-14(9-7-13)19-17(22)12-10-16(21)20(11-12)15-4-2-1-3-5-15/h6-9,12,15H,1-5,10-11H2,(H,19,22)/t12-/m1/s1. The van der Waals surface area contributed by atoms with Gasteiger partial charge in [0.2, 0.25) is 11.8 Å². The second-order valence-electron chi connectivity index (χ2n) is 6.24. The smallest absolute Gasteiger partial charge is 0.229 e. The maximum absolute atomic E-state index is 12.4. The van der Waals surface area contributed by atoms with Gasteiger partial charge in [0.05, 0.1) is 5.92 Å². The Kier molecular flexibility index (Phi) is 4.81. The van der Waals surface area contributed by atoms with Crippen molar-refractivity contribution in [3.63, 3.8) is 0 Å². The van der Waals surface area contributed by atoms with Crippen LogP contribution in [-0.4, -0.2) is 29.3 Å². The average Bonchev–Trinajstić information content (AvgIpc) is 2.92. The topological polar surface area (TPSA) is 49.4 Å². The van der Waals surface area contributed by atoms with Gasteiger partial charge in [-0.25, -0.2) is 0 Å². The summed E-state index contributed by atoms with van der Waals surface area (Å²) in [6.07, 6.45) is 6.19. The second kappa shape index (κ2) is 6.82. The number of nitrogens with one attached hydrogen (secondary N) is 1. The normalized spacial score (nSPS) is 22.9. The summed E-state index contributed by atoms with van der Waals surface area (Å²) in [5.74, 6) is -0.130. The summed E-state index contributed by atoms with van der Waals surface area (Å²) in [4.78, 5) is 26.5. The molecule has 1 saturated carbocycles. The zero-order valence-corrected chi connectivity index (χ0v) is 14.1. The monoisotopic (exact) mass is 364 g/mol. The Balaban J connectivity index is 1.59. The fourth-order valence-corrected chi connectivity index (χ4v) is 3.69. The van der Waals surface area contributed by atoms with Gasteiger partial charge in [0, 0.05) is 29.2 Å². The first-order chi connectivity index (χ1) is 10.6. The number of hydrogen-bond acceptors (Lipinski definition) is 2. The van der Waals surface area contributed by atoms with Crippen molar-refractivity contribution in [2.24, 2.45) is 5.92 Å². The van der Waals surface area contributed by atoms with Crippen molar-refractivity contribution in [2.75, 3.05) is 11.9 Å². The largest absolute Gasteiger partial charge is 0.339 e. The molecule has 1 N–H and O–H groups in total. The third-order valence-corrected chi connectivity index (χ3v) is 5.19. The average molecular weight is 365 g/mol.